The van der Waals surface area contributed by atoms with Crippen LogP contribution in [0.5, 0.6) is 0 Å². The van der Waals surface area contributed by atoms with E-state index in [1.54, 1.807) is 18.2 Å². The van der Waals surface area contributed by atoms with Gasteiger partial charge in [0.2, 0.25) is 11.8 Å². The lowest BCUT2D eigenvalue weighted by Gasteiger charge is -2.39. The van der Waals surface area contributed by atoms with Crippen molar-refractivity contribution in [3.05, 3.63) is 35.6 Å². The van der Waals surface area contributed by atoms with E-state index in [9.17, 15) is 14.0 Å². The van der Waals surface area contributed by atoms with Gasteiger partial charge < -0.3 is 10.6 Å². The molecule has 1 fully saturated rings. The summed E-state index contributed by atoms with van der Waals surface area (Å²) in [6, 6.07) is 5.89. The van der Waals surface area contributed by atoms with Crippen LogP contribution in [-0.2, 0) is 16.1 Å². The van der Waals surface area contributed by atoms with Crippen molar-refractivity contribution in [3.63, 3.8) is 0 Å². The molecular weight excluding hydrogens is 261 g/mol. The Labute approximate surface area is 117 Å². The van der Waals surface area contributed by atoms with Crippen molar-refractivity contribution in [1.82, 2.24) is 9.80 Å². The normalized spacial score (nSPS) is 19.9. The highest BCUT2D eigenvalue weighted by Gasteiger charge is 2.32. The molecule has 1 aromatic rings. The molecule has 0 radical (unpaired) electrons. The largest absolute Gasteiger partial charge is 0.368 e. The molecule has 108 valence electrons. The molecule has 0 spiro atoms. The van der Waals surface area contributed by atoms with Crippen molar-refractivity contribution in [2.45, 2.75) is 19.5 Å². The van der Waals surface area contributed by atoms with Gasteiger partial charge in [0.15, 0.2) is 0 Å². The zero-order valence-corrected chi connectivity index (χ0v) is 11.4. The van der Waals surface area contributed by atoms with Gasteiger partial charge in [-0.1, -0.05) is 18.2 Å². The van der Waals surface area contributed by atoms with Gasteiger partial charge in [0, 0.05) is 38.7 Å². The topological polar surface area (TPSA) is 66.6 Å². The predicted molar refractivity (Wildman–Crippen MR) is 72.0 cm³/mol. The highest BCUT2D eigenvalue weighted by Crippen LogP contribution is 2.15. The number of hydrogen-bond donors (Lipinski definition) is 1. The smallest absolute Gasteiger partial charge is 0.241 e. The summed E-state index contributed by atoms with van der Waals surface area (Å²) in [7, 11) is 0. The summed E-state index contributed by atoms with van der Waals surface area (Å²) < 4.78 is 13.6. The van der Waals surface area contributed by atoms with Gasteiger partial charge in [-0.3, -0.25) is 14.5 Å². The Morgan fingerprint density at radius 3 is 2.65 bits per heavy atom. The van der Waals surface area contributed by atoms with Gasteiger partial charge in [0.1, 0.15) is 11.9 Å². The van der Waals surface area contributed by atoms with Gasteiger partial charge in [-0.15, -0.1) is 0 Å². The molecule has 0 aromatic heterocycles. The maximum Gasteiger partial charge on any atom is 0.241 e. The molecular formula is C14H18FN3O2. The SMILES string of the molecule is CC(=O)N1CCN(Cc2ccccc2F)C[C@@H]1C(N)=O. The van der Waals surface area contributed by atoms with Gasteiger partial charge in [-0.2, -0.15) is 0 Å². The Kier molecular flexibility index (Phi) is 4.34. The summed E-state index contributed by atoms with van der Waals surface area (Å²) in [5.41, 5.74) is 5.92. The summed E-state index contributed by atoms with van der Waals surface area (Å²) in [5.74, 6) is -0.963. The molecule has 5 nitrogen and oxygen atoms in total. The van der Waals surface area contributed by atoms with Crippen LogP contribution in [0.25, 0.3) is 0 Å². The van der Waals surface area contributed by atoms with Crippen molar-refractivity contribution in [3.8, 4) is 0 Å². The fourth-order valence-corrected chi connectivity index (χ4v) is 2.47. The van der Waals surface area contributed by atoms with Gasteiger partial charge in [0.25, 0.3) is 0 Å². The lowest BCUT2D eigenvalue weighted by Crippen LogP contribution is -2.59. The summed E-state index contributed by atoms with van der Waals surface area (Å²) in [4.78, 5) is 26.3. The zero-order chi connectivity index (χ0) is 14.7. The average molecular weight is 279 g/mol. The van der Waals surface area contributed by atoms with E-state index in [4.69, 9.17) is 5.73 Å². The molecule has 1 heterocycles. The first-order valence-corrected chi connectivity index (χ1v) is 6.51. The van der Waals surface area contributed by atoms with Crippen LogP contribution in [0.3, 0.4) is 0 Å². The number of nitrogens with zero attached hydrogens (tertiary/aromatic N) is 2. The van der Waals surface area contributed by atoms with E-state index < -0.39 is 11.9 Å². The van der Waals surface area contributed by atoms with E-state index in [1.165, 1.54) is 17.9 Å². The first-order valence-electron chi connectivity index (χ1n) is 6.51. The molecule has 2 N–H and O–H groups in total. The summed E-state index contributed by atoms with van der Waals surface area (Å²) in [6.45, 7) is 3.18. The molecule has 0 saturated carbocycles. The number of halogens is 1. The Morgan fingerprint density at radius 1 is 1.35 bits per heavy atom. The van der Waals surface area contributed by atoms with E-state index in [2.05, 4.69) is 0 Å². The molecule has 2 rings (SSSR count). The van der Waals surface area contributed by atoms with Crippen LogP contribution in [0.15, 0.2) is 24.3 Å². The van der Waals surface area contributed by atoms with Crippen molar-refractivity contribution in [1.29, 1.82) is 0 Å². The molecule has 6 heteroatoms. The van der Waals surface area contributed by atoms with Crippen LogP contribution >= 0.6 is 0 Å². The molecule has 0 bridgehead atoms. The van der Waals surface area contributed by atoms with Crippen LogP contribution in [0.2, 0.25) is 0 Å². The van der Waals surface area contributed by atoms with Crippen LogP contribution in [0.4, 0.5) is 4.39 Å². The number of carbonyl (C=O) groups is 2. The van der Waals surface area contributed by atoms with E-state index in [-0.39, 0.29) is 11.7 Å². The number of hydrogen-bond acceptors (Lipinski definition) is 3. The number of primary amides is 1. The van der Waals surface area contributed by atoms with Gasteiger partial charge in [-0.05, 0) is 6.07 Å². The maximum atomic E-state index is 13.6. The minimum Gasteiger partial charge on any atom is -0.368 e. The third-order valence-corrected chi connectivity index (χ3v) is 3.55. The Balaban J connectivity index is 2.07. The molecule has 0 unspecified atom stereocenters. The minimum atomic E-state index is -0.645. The van der Waals surface area contributed by atoms with Crippen LogP contribution in [0, 0.1) is 5.82 Å². The second kappa shape index (κ2) is 6.00. The fraction of sp³-hybridized carbons (Fsp3) is 0.429. The Bertz CT molecular complexity index is 521. The molecule has 1 atom stereocenters. The molecule has 2 amide bonds. The van der Waals surface area contributed by atoms with Crippen LogP contribution < -0.4 is 5.73 Å². The molecule has 20 heavy (non-hydrogen) atoms. The van der Waals surface area contributed by atoms with Gasteiger partial charge in [-0.25, -0.2) is 4.39 Å². The second-order valence-electron chi connectivity index (χ2n) is 4.96. The molecule has 1 aromatic carbocycles. The number of rotatable bonds is 3. The average Bonchev–Trinajstić information content (AvgIpc) is 2.41. The van der Waals surface area contributed by atoms with E-state index in [1.807, 2.05) is 4.90 Å². The monoisotopic (exact) mass is 279 g/mol. The molecule has 1 aliphatic rings. The molecule has 1 aliphatic heterocycles. The van der Waals surface area contributed by atoms with E-state index in [0.717, 1.165) is 0 Å². The fourth-order valence-electron chi connectivity index (χ4n) is 2.47. The number of amides is 2. The van der Waals surface area contributed by atoms with E-state index >= 15 is 0 Å². The number of piperazine rings is 1. The highest BCUT2D eigenvalue weighted by molar-refractivity contribution is 5.86. The maximum absolute atomic E-state index is 13.6. The standard InChI is InChI=1S/C14H18FN3O2/c1-10(19)18-7-6-17(9-13(18)14(16)20)8-11-4-2-3-5-12(11)15/h2-5,13H,6-9H2,1H3,(H2,16,20)/t13-/m1/s1. The Morgan fingerprint density at radius 2 is 2.05 bits per heavy atom. The lowest BCUT2D eigenvalue weighted by atomic mass is 10.1. The first-order chi connectivity index (χ1) is 9.49. The second-order valence-corrected chi connectivity index (χ2v) is 4.96. The lowest BCUT2D eigenvalue weighted by molar-refractivity contribution is -0.141. The van der Waals surface area contributed by atoms with Crippen molar-refractivity contribution in [2.24, 2.45) is 5.73 Å². The summed E-state index contributed by atoms with van der Waals surface area (Å²) in [6.07, 6.45) is 0. The van der Waals surface area contributed by atoms with E-state index in [0.29, 0.717) is 31.7 Å². The van der Waals surface area contributed by atoms with Crippen molar-refractivity contribution >= 4 is 11.8 Å². The third-order valence-electron chi connectivity index (χ3n) is 3.55. The van der Waals surface area contributed by atoms with Crippen molar-refractivity contribution in [2.75, 3.05) is 19.6 Å². The number of nitrogens with two attached hydrogens (primary N) is 1. The molecule has 0 aliphatic carbocycles. The Hall–Kier alpha value is -1.95. The van der Waals surface area contributed by atoms with Crippen LogP contribution in [-0.4, -0.2) is 47.3 Å². The summed E-state index contributed by atoms with van der Waals surface area (Å²) >= 11 is 0. The van der Waals surface area contributed by atoms with Crippen molar-refractivity contribution < 1.29 is 14.0 Å². The van der Waals surface area contributed by atoms with Crippen LogP contribution in [0.1, 0.15) is 12.5 Å². The summed E-state index contributed by atoms with van der Waals surface area (Å²) in [5, 5.41) is 0. The first kappa shape index (κ1) is 14.5. The highest BCUT2D eigenvalue weighted by atomic mass is 19.1. The quantitative estimate of drug-likeness (QED) is 0.868. The van der Waals surface area contributed by atoms with Gasteiger partial charge in [0.05, 0.1) is 0 Å². The third kappa shape index (κ3) is 3.14. The minimum absolute atomic E-state index is 0.167. The number of benzene rings is 1. The predicted octanol–water partition coefficient (Wildman–Crippen LogP) is 0.344. The number of carbonyl (C=O) groups excluding carboxylic acids is 2. The van der Waals surface area contributed by atoms with Gasteiger partial charge >= 0.3 is 0 Å². The zero-order valence-electron chi connectivity index (χ0n) is 11.4. The molecule has 1 saturated heterocycles.